The van der Waals surface area contributed by atoms with Crippen LogP contribution in [0.25, 0.3) is 10.8 Å². The van der Waals surface area contributed by atoms with E-state index in [0.29, 0.717) is 10.8 Å². The molecule has 0 fully saturated rings. The number of nitrogens with one attached hydrogen (secondary N) is 2. The Bertz CT molecular complexity index is 1010. The van der Waals surface area contributed by atoms with Crippen LogP contribution < -0.4 is 16.4 Å². The second-order valence-electron chi connectivity index (χ2n) is 5.41. The van der Waals surface area contributed by atoms with Crippen molar-refractivity contribution >= 4 is 22.4 Å². The predicted octanol–water partition coefficient (Wildman–Crippen LogP) is 2.56. The number of hydrazine groups is 1. The molecule has 1 aromatic heterocycles. The maximum atomic E-state index is 12.9. The van der Waals surface area contributed by atoms with Crippen LogP contribution in [0.1, 0.15) is 5.56 Å². The lowest BCUT2D eigenvalue weighted by molar-refractivity contribution is -0.137. The number of amides is 1. The van der Waals surface area contributed by atoms with E-state index in [4.69, 9.17) is 0 Å². The zero-order valence-electron chi connectivity index (χ0n) is 13.2. The Balaban J connectivity index is 1.73. The molecule has 6 nitrogen and oxygen atoms in total. The zero-order chi connectivity index (χ0) is 18.7. The fraction of sp³-hybridized carbons (Fsp3) is 0.118. The molecule has 134 valence electrons. The van der Waals surface area contributed by atoms with Crippen molar-refractivity contribution in [3.8, 4) is 0 Å². The second-order valence-corrected chi connectivity index (χ2v) is 5.41. The molecule has 3 rings (SSSR count). The number of fused-ring (bicyclic) bond motifs is 1. The number of benzene rings is 2. The number of nitrogens with zero attached hydrogens (tertiary/aromatic N) is 2. The average molecular weight is 362 g/mol. The minimum Gasteiger partial charge on any atom is -0.298 e. The summed E-state index contributed by atoms with van der Waals surface area (Å²) in [6.07, 6.45) is -3.12. The SMILES string of the molecule is O=C(Cn1ncc2ccccc2c1=O)NNc1ccccc1C(F)(F)F. The fourth-order valence-electron chi connectivity index (χ4n) is 2.39. The van der Waals surface area contributed by atoms with Gasteiger partial charge in [-0.05, 0) is 18.2 Å². The van der Waals surface area contributed by atoms with Crippen molar-refractivity contribution in [3.05, 3.63) is 70.6 Å². The van der Waals surface area contributed by atoms with E-state index in [1.165, 1.54) is 24.4 Å². The molecule has 0 saturated carbocycles. The molecular formula is C17H13F3N4O2. The van der Waals surface area contributed by atoms with Crippen molar-refractivity contribution in [2.24, 2.45) is 0 Å². The molecular weight excluding hydrogens is 349 g/mol. The van der Waals surface area contributed by atoms with Crippen molar-refractivity contribution in [2.45, 2.75) is 12.7 Å². The lowest BCUT2D eigenvalue weighted by Crippen LogP contribution is -2.37. The number of hydrogen-bond acceptors (Lipinski definition) is 4. The summed E-state index contributed by atoms with van der Waals surface area (Å²) in [6.45, 7) is -0.440. The monoisotopic (exact) mass is 362 g/mol. The van der Waals surface area contributed by atoms with Crippen LogP contribution in [0.4, 0.5) is 18.9 Å². The Hall–Kier alpha value is -3.36. The van der Waals surface area contributed by atoms with E-state index in [-0.39, 0.29) is 5.69 Å². The van der Waals surface area contributed by atoms with Gasteiger partial charge >= 0.3 is 6.18 Å². The second kappa shape index (κ2) is 6.87. The van der Waals surface area contributed by atoms with Crippen molar-refractivity contribution in [1.82, 2.24) is 15.2 Å². The van der Waals surface area contributed by atoms with Gasteiger partial charge in [-0.1, -0.05) is 30.3 Å². The standard InChI is InChI=1S/C17H13F3N4O2/c18-17(19,20)13-7-3-4-8-14(13)22-23-15(25)10-24-16(26)12-6-2-1-5-11(12)9-21-24/h1-9,22H,10H2,(H,23,25). The molecule has 26 heavy (non-hydrogen) atoms. The Morgan fingerprint density at radius 2 is 1.77 bits per heavy atom. The summed E-state index contributed by atoms with van der Waals surface area (Å²) in [5.41, 5.74) is 2.70. The van der Waals surface area contributed by atoms with Gasteiger partial charge in [0.1, 0.15) is 6.54 Å². The zero-order valence-corrected chi connectivity index (χ0v) is 13.2. The molecule has 2 N–H and O–H groups in total. The summed E-state index contributed by atoms with van der Waals surface area (Å²) >= 11 is 0. The normalized spacial score (nSPS) is 11.3. The number of halogens is 3. The lowest BCUT2D eigenvalue weighted by atomic mass is 10.2. The van der Waals surface area contributed by atoms with E-state index in [1.807, 2.05) is 0 Å². The van der Waals surface area contributed by atoms with Gasteiger partial charge in [0.15, 0.2) is 0 Å². The maximum Gasteiger partial charge on any atom is 0.418 e. The van der Waals surface area contributed by atoms with Gasteiger partial charge in [-0.15, -0.1) is 0 Å². The highest BCUT2D eigenvalue weighted by atomic mass is 19.4. The van der Waals surface area contributed by atoms with Crippen LogP contribution in [0.15, 0.2) is 59.5 Å². The number of carbonyl (C=O) groups excluding carboxylic acids is 1. The van der Waals surface area contributed by atoms with E-state index in [9.17, 15) is 22.8 Å². The van der Waals surface area contributed by atoms with Crippen LogP contribution in [0.5, 0.6) is 0 Å². The topological polar surface area (TPSA) is 76.0 Å². The summed E-state index contributed by atoms with van der Waals surface area (Å²) < 4.78 is 39.7. The van der Waals surface area contributed by atoms with Crippen LogP contribution in [0, 0.1) is 0 Å². The third-order valence-corrected chi connectivity index (χ3v) is 3.62. The first kappa shape index (κ1) is 17.5. The summed E-state index contributed by atoms with van der Waals surface area (Å²) in [5.74, 6) is -0.716. The van der Waals surface area contributed by atoms with Gasteiger partial charge in [0, 0.05) is 5.39 Å². The first-order chi connectivity index (χ1) is 12.4. The van der Waals surface area contributed by atoms with Crippen LogP contribution in [0.2, 0.25) is 0 Å². The van der Waals surface area contributed by atoms with E-state index in [1.54, 1.807) is 24.3 Å². The number of aromatic nitrogens is 2. The molecule has 0 aliphatic heterocycles. The number of para-hydroxylation sites is 1. The lowest BCUT2D eigenvalue weighted by Gasteiger charge is -2.15. The molecule has 0 aliphatic carbocycles. The molecule has 3 aromatic rings. The summed E-state index contributed by atoms with van der Waals surface area (Å²) in [4.78, 5) is 24.3. The van der Waals surface area contributed by atoms with Gasteiger partial charge in [-0.25, -0.2) is 4.68 Å². The third-order valence-electron chi connectivity index (χ3n) is 3.62. The molecule has 0 spiro atoms. The number of alkyl halides is 3. The van der Waals surface area contributed by atoms with Crippen LogP contribution in [-0.4, -0.2) is 15.7 Å². The fourth-order valence-corrected chi connectivity index (χ4v) is 2.39. The van der Waals surface area contributed by atoms with Gasteiger partial charge in [0.05, 0.1) is 22.8 Å². The highest BCUT2D eigenvalue weighted by Gasteiger charge is 2.33. The minimum absolute atomic E-state index is 0.299. The van der Waals surface area contributed by atoms with Crippen molar-refractivity contribution in [3.63, 3.8) is 0 Å². The number of rotatable bonds is 4. The van der Waals surface area contributed by atoms with Gasteiger partial charge in [-0.3, -0.25) is 20.4 Å². The quantitative estimate of drug-likeness (QED) is 0.700. The largest absolute Gasteiger partial charge is 0.418 e. The van der Waals surface area contributed by atoms with Crippen molar-refractivity contribution in [2.75, 3.05) is 5.43 Å². The van der Waals surface area contributed by atoms with Crippen LogP contribution in [0.3, 0.4) is 0 Å². The van der Waals surface area contributed by atoms with Gasteiger partial charge in [-0.2, -0.15) is 18.3 Å². The number of hydrogen-bond donors (Lipinski definition) is 2. The summed E-state index contributed by atoms with van der Waals surface area (Å²) in [7, 11) is 0. The molecule has 1 amide bonds. The maximum absolute atomic E-state index is 12.9. The smallest absolute Gasteiger partial charge is 0.298 e. The third kappa shape index (κ3) is 3.66. The predicted molar refractivity (Wildman–Crippen MR) is 89.2 cm³/mol. The summed E-state index contributed by atoms with van der Waals surface area (Å²) in [5, 5.41) is 4.92. The van der Waals surface area contributed by atoms with Gasteiger partial charge < -0.3 is 0 Å². The van der Waals surface area contributed by atoms with Crippen LogP contribution >= 0.6 is 0 Å². The van der Waals surface area contributed by atoms with Gasteiger partial charge in [0.2, 0.25) is 0 Å². The Morgan fingerprint density at radius 3 is 2.54 bits per heavy atom. The molecule has 2 aromatic carbocycles. The van der Waals surface area contributed by atoms with E-state index in [0.717, 1.165) is 10.7 Å². The molecule has 0 saturated heterocycles. The van der Waals surface area contributed by atoms with E-state index in [2.05, 4.69) is 16.0 Å². The van der Waals surface area contributed by atoms with Crippen LogP contribution in [-0.2, 0) is 17.5 Å². The van der Waals surface area contributed by atoms with Crippen molar-refractivity contribution < 1.29 is 18.0 Å². The van der Waals surface area contributed by atoms with Gasteiger partial charge in [0.25, 0.3) is 11.5 Å². The molecule has 9 heteroatoms. The Kier molecular flexibility index (Phi) is 4.61. The highest BCUT2D eigenvalue weighted by molar-refractivity contribution is 5.81. The Labute approximate surface area is 145 Å². The minimum atomic E-state index is -4.56. The molecule has 0 aliphatic rings. The van der Waals surface area contributed by atoms with Crippen molar-refractivity contribution in [1.29, 1.82) is 0 Å². The average Bonchev–Trinajstić information content (AvgIpc) is 2.62. The molecule has 0 unspecified atom stereocenters. The summed E-state index contributed by atoms with van der Waals surface area (Å²) in [6, 6.07) is 11.5. The number of carbonyl (C=O) groups is 1. The van der Waals surface area contributed by atoms with E-state index >= 15 is 0 Å². The number of anilines is 1. The molecule has 1 heterocycles. The first-order valence-electron chi connectivity index (χ1n) is 7.52. The highest BCUT2D eigenvalue weighted by Crippen LogP contribution is 2.34. The molecule has 0 bridgehead atoms. The molecule has 0 atom stereocenters. The Morgan fingerprint density at radius 1 is 1.08 bits per heavy atom. The molecule has 0 radical (unpaired) electrons. The van der Waals surface area contributed by atoms with E-state index < -0.39 is 29.8 Å². The first-order valence-corrected chi connectivity index (χ1v) is 7.52.